The average Bonchev–Trinajstić information content (AvgIpc) is 3.22. The number of thiazole rings is 1. The molecule has 2 aliphatic heterocycles. The molecule has 1 amide bonds. The zero-order valence-corrected chi connectivity index (χ0v) is 18.7. The van der Waals surface area contributed by atoms with Gasteiger partial charge in [-0.15, -0.1) is 23.7 Å². The van der Waals surface area contributed by atoms with Crippen molar-refractivity contribution in [1.82, 2.24) is 15.6 Å². The minimum absolute atomic E-state index is 0. The minimum Gasteiger partial charge on any atom is -0.471 e. The summed E-state index contributed by atoms with van der Waals surface area (Å²) >= 11 is 1.45. The Morgan fingerprint density at radius 1 is 1.35 bits per heavy atom. The van der Waals surface area contributed by atoms with Crippen molar-refractivity contribution in [2.24, 2.45) is 0 Å². The third-order valence-corrected chi connectivity index (χ3v) is 6.03. The second-order valence-corrected chi connectivity index (χ2v) is 8.17. The number of rotatable bonds is 5. The van der Waals surface area contributed by atoms with E-state index in [0.717, 1.165) is 30.7 Å². The molecule has 1 aromatic heterocycles. The number of halogens is 3. The summed E-state index contributed by atoms with van der Waals surface area (Å²) in [5, 5.41) is 8.64. The maximum absolute atomic E-state index is 14.7. The zero-order chi connectivity index (χ0) is 21.1. The standard InChI is InChI=1S/C20H24F2N4O3S.ClH/c1-12(27)24-13-4-5-23-17(10-13)29-19-14(2-3-15(21)18(19)22)16-11-30-20(25-16)26-6-8-28-9-7-26;/h2-3,11,13,17,23H,4-10H2,1H3,(H,24,27);1H. The fourth-order valence-electron chi connectivity index (χ4n) is 3.67. The molecule has 0 radical (unpaired) electrons. The molecule has 170 valence electrons. The van der Waals surface area contributed by atoms with Gasteiger partial charge < -0.3 is 19.7 Å². The van der Waals surface area contributed by atoms with Gasteiger partial charge in [-0.2, -0.15) is 4.39 Å². The number of piperidine rings is 1. The van der Waals surface area contributed by atoms with Crippen LogP contribution in [0.25, 0.3) is 11.3 Å². The van der Waals surface area contributed by atoms with Crippen LogP contribution in [0.5, 0.6) is 5.75 Å². The second kappa shape index (κ2) is 10.5. The molecule has 2 aromatic rings. The molecule has 2 atom stereocenters. The Labute approximate surface area is 189 Å². The van der Waals surface area contributed by atoms with Crippen molar-refractivity contribution in [3.8, 4) is 17.0 Å². The number of nitrogens with zero attached hydrogens (tertiary/aromatic N) is 2. The molecule has 2 N–H and O–H groups in total. The van der Waals surface area contributed by atoms with Gasteiger partial charge in [0.1, 0.15) is 0 Å². The van der Waals surface area contributed by atoms with Gasteiger partial charge in [0.25, 0.3) is 0 Å². The first-order valence-corrected chi connectivity index (χ1v) is 10.8. The van der Waals surface area contributed by atoms with Crippen LogP contribution in [0, 0.1) is 11.6 Å². The monoisotopic (exact) mass is 474 g/mol. The van der Waals surface area contributed by atoms with Gasteiger partial charge in [0.2, 0.25) is 11.7 Å². The summed E-state index contributed by atoms with van der Waals surface area (Å²) in [6.45, 7) is 4.81. The van der Waals surface area contributed by atoms with E-state index in [1.807, 2.05) is 5.38 Å². The zero-order valence-electron chi connectivity index (χ0n) is 17.0. The number of ether oxygens (including phenoxy) is 2. The van der Waals surface area contributed by atoms with Crippen LogP contribution in [0.3, 0.4) is 0 Å². The number of carbonyl (C=O) groups excluding carboxylic acids is 1. The number of anilines is 1. The minimum atomic E-state index is -1.04. The Kier molecular flexibility index (Phi) is 8.04. The number of nitrogens with one attached hydrogen (secondary N) is 2. The van der Waals surface area contributed by atoms with E-state index in [1.165, 1.54) is 24.3 Å². The third-order valence-electron chi connectivity index (χ3n) is 5.13. The number of amides is 1. The number of carbonyl (C=O) groups is 1. The fraction of sp³-hybridized carbons (Fsp3) is 0.500. The van der Waals surface area contributed by atoms with E-state index in [9.17, 15) is 13.6 Å². The van der Waals surface area contributed by atoms with Crippen molar-refractivity contribution < 1.29 is 23.0 Å². The maximum Gasteiger partial charge on any atom is 0.217 e. The molecule has 7 nitrogen and oxygen atoms in total. The largest absolute Gasteiger partial charge is 0.471 e. The van der Waals surface area contributed by atoms with Gasteiger partial charge in [-0.1, -0.05) is 0 Å². The number of hydrogen-bond donors (Lipinski definition) is 2. The summed E-state index contributed by atoms with van der Waals surface area (Å²) in [5.74, 6) is -2.32. The molecule has 31 heavy (non-hydrogen) atoms. The highest BCUT2D eigenvalue weighted by Crippen LogP contribution is 2.37. The molecule has 2 saturated heterocycles. The van der Waals surface area contributed by atoms with E-state index in [1.54, 1.807) is 0 Å². The topological polar surface area (TPSA) is 75.7 Å². The van der Waals surface area contributed by atoms with Gasteiger partial charge in [0.05, 0.1) is 18.9 Å². The summed E-state index contributed by atoms with van der Waals surface area (Å²) in [7, 11) is 0. The summed E-state index contributed by atoms with van der Waals surface area (Å²) in [5.41, 5.74) is 0.928. The lowest BCUT2D eigenvalue weighted by atomic mass is 10.0. The van der Waals surface area contributed by atoms with Crippen LogP contribution in [0.1, 0.15) is 19.8 Å². The van der Waals surface area contributed by atoms with Crippen LogP contribution < -0.4 is 20.3 Å². The van der Waals surface area contributed by atoms with Crippen LogP contribution >= 0.6 is 23.7 Å². The molecule has 0 saturated carbocycles. The molecule has 11 heteroatoms. The van der Waals surface area contributed by atoms with E-state index >= 15 is 0 Å². The van der Waals surface area contributed by atoms with Crippen LogP contribution in [0.2, 0.25) is 0 Å². The van der Waals surface area contributed by atoms with Gasteiger partial charge in [-0.05, 0) is 18.6 Å². The summed E-state index contributed by atoms with van der Waals surface area (Å²) in [6.07, 6.45) is 0.640. The molecular formula is C20H25ClF2N4O3S. The highest BCUT2D eigenvalue weighted by molar-refractivity contribution is 7.14. The fourth-order valence-corrected chi connectivity index (χ4v) is 4.54. The van der Waals surface area contributed by atoms with Gasteiger partial charge in [0.15, 0.2) is 22.9 Å². The Morgan fingerprint density at radius 2 is 2.13 bits per heavy atom. The summed E-state index contributed by atoms with van der Waals surface area (Å²) in [4.78, 5) is 18.1. The molecule has 2 fully saturated rings. The van der Waals surface area contributed by atoms with E-state index in [2.05, 4.69) is 20.5 Å². The van der Waals surface area contributed by atoms with E-state index in [-0.39, 0.29) is 30.1 Å². The lowest BCUT2D eigenvalue weighted by Crippen LogP contribution is -2.49. The quantitative estimate of drug-likeness (QED) is 0.694. The Bertz CT molecular complexity index is 911. The van der Waals surface area contributed by atoms with Crippen LogP contribution in [-0.2, 0) is 9.53 Å². The smallest absolute Gasteiger partial charge is 0.217 e. The Balaban J connectivity index is 0.00000272. The molecule has 3 heterocycles. The predicted octanol–water partition coefficient (Wildman–Crippen LogP) is 2.94. The van der Waals surface area contributed by atoms with E-state index in [4.69, 9.17) is 9.47 Å². The van der Waals surface area contributed by atoms with Gasteiger partial charge in [-0.25, -0.2) is 9.37 Å². The highest BCUT2D eigenvalue weighted by Gasteiger charge is 2.27. The Hall–Kier alpha value is -2.01. The number of morpholine rings is 1. The lowest BCUT2D eigenvalue weighted by molar-refractivity contribution is -0.120. The normalized spacial score (nSPS) is 21.3. The van der Waals surface area contributed by atoms with Crippen molar-refractivity contribution in [3.05, 3.63) is 29.1 Å². The molecule has 1 aromatic carbocycles. The van der Waals surface area contributed by atoms with E-state index in [0.29, 0.717) is 37.4 Å². The van der Waals surface area contributed by atoms with Crippen molar-refractivity contribution in [3.63, 3.8) is 0 Å². The molecule has 0 bridgehead atoms. The van der Waals surface area contributed by atoms with Gasteiger partial charge in [0, 0.05) is 50.0 Å². The van der Waals surface area contributed by atoms with Gasteiger partial charge in [-0.3, -0.25) is 10.1 Å². The van der Waals surface area contributed by atoms with Crippen molar-refractivity contribution >= 4 is 34.8 Å². The molecule has 0 spiro atoms. The second-order valence-electron chi connectivity index (χ2n) is 7.34. The van der Waals surface area contributed by atoms with Crippen LogP contribution in [0.4, 0.5) is 13.9 Å². The number of hydrogen-bond acceptors (Lipinski definition) is 7. The first-order chi connectivity index (χ1) is 14.5. The first kappa shape index (κ1) is 23.6. The molecule has 0 aliphatic carbocycles. The van der Waals surface area contributed by atoms with Crippen LogP contribution in [-0.4, -0.2) is 56.0 Å². The third kappa shape index (κ3) is 5.62. The van der Waals surface area contributed by atoms with Gasteiger partial charge >= 0.3 is 0 Å². The SMILES string of the molecule is CC(=O)NC1CCNC(Oc2c(-c3csc(N4CCOCC4)n3)ccc(F)c2F)C1.Cl. The van der Waals surface area contributed by atoms with Crippen molar-refractivity contribution in [1.29, 1.82) is 0 Å². The van der Waals surface area contributed by atoms with Crippen LogP contribution in [0.15, 0.2) is 17.5 Å². The molecule has 2 aliphatic rings. The maximum atomic E-state index is 14.7. The first-order valence-electron chi connectivity index (χ1n) is 9.95. The number of benzene rings is 1. The average molecular weight is 475 g/mol. The summed E-state index contributed by atoms with van der Waals surface area (Å²) < 4.78 is 40.0. The van der Waals surface area contributed by atoms with E-state index < -0.39 is 17.9 Å². The predicted molar refractivity (Wildman–Crippen MR) is 117 cm³/mol. The van der Waals surface area contributed by atoms with Crippen molar-refractivity contribution in [2.75, 3.05) is 37.7 Å². The van der Waals surface area contributed by atoms with Crippen molar-refractivity contribution in [2.45, 2.75) is 32.0 Å². The Morgan fingerprint density at radius 3 is 2.87 bits per heavy atom. The lowest BCUT2D eigenvalue weighted by Gasteiger charge is -2.31. The number of aromatic nitrogens is 1. The molecular weight excluding hydrogens is 450 g/mol. The molecule has 2 unspecified atom stereocenters. The summed E-state index contributed by atoms with van der Waals surface area (Å²) in [6, 6.07) is 2.49. The molecule has 4 rings (SSSR count). The highest BCUT2D eigenvalue weighted by atomic mass is 35.5.